The summed E-state index contributed by atoms with van der Waals surface area (Å²) in [6.45, 7) is 0.802. The summed E-state index contributed by atoms with van der Waals surface area (Å²) in [7, 11) is 4.98. The van der Waals surface area contributed by atoms with E-state index in [4.69, 9.17) is 14.2 Å². The fraction of sp³-hybridized carbons (Fsp3) is 0.211. The third-order valence-corrected chi connectivity index (χ3v) is 4.28. The molecule has 0 unspecified atom stereocenters. The van der Waals surface area contributed by atoms with Gasteiger partial charge in [-0.3, -0.25) is 4.99 Å². The zero-order chi connectivity index (χ0) is 17.6. The van der Waals surface area contributed by atoms with Crippen molar-refractivity contribution < 1.29 is 19.3 Å². The molecule has 1 aromatic heterocycles. The number of phenols is 1. The molecule has 25 heavy (non-hydrogen) atoms. The predicted molar refractivity (Wildman–Crippen MR) is 95.6 cm³/mol. The number of hydrogen-bond donors (Lipinski definition) is 1. The molecule has 4 rings (SSSR count). The van der Waals surface area contributed by atoms with Crippen LogP contribution in [-0.4, -0.2) is 36.1 Å². The quantitative estimate of drug-likeness (QED) is 0.773. The van der Waals surface area contributed by atoms with E-state index in [1.165, 1.54) is 14.2 Å². The summed E-state index contributed by atoms with van der Waals surface area (Å²) in [6.07, 6.45) is 2.09. The lowest BCUT2D eigenvalue weighted by Crippen LogP contribution is -1.92. The molecular formula is C19H18N2O4. The first kappa shape index (κ1) is 15.4. The average Bonchev–Trinajstić information content (AvgIpc) is 3.41. The Labute approximate surface area is 144 Å². The Hall–Kier alpha value is -3.15. The highest BCUT2D eigenvalue weighted by Gasteiger charge is 2.19. The summed E-state index contributed by atoms with van der Waals surface area (Å²) in [5.41, 5.74) is 3.39. The number of ether oxygens (including phenoxy) is 3. The Morgan fingerprint density at radius 1 is 1.04 bits per heavy atom. The van der Waals surface area contributed by atoms with Crippen LogP contribution in [0.25, 0.3) is 10.9 Å². The Morgan fingerprint density at radius 3 is 2.32 bits per heavy atom. The summed E-state index contributed by atoms with van der Waals surface area (Å²) in [5.74, 6) is 1.75. The van der Waals surface area contributed by atoms with Crippen LogP contribution < -0.4 is 14.2 Å². The zero-order valence-electron chi connectivity index (χ0n) is 14.2. The Bertz CT molecular complexity index is 979. The number of phenolic OH excluding ortho intramolecular Hbond substituents is 1. The van der Waals surface area contributed by atoms with Crippen LogP contribution in [0.4, 0.5) is 0 Å². The smallest absolute Gasteiger partial charge is 0.201 e. The van der Waals surface area contributed by atoms with Crippen molar-refractivity contribution in [3.8, 4) is 28.7 Å². The number of aromatic hydroxyl groups is 1. The normalized spacial score (nSPS) is 12.8. The van der Waals surface area contributed by atoms with Gasteiger partial charge >= 0.3 is 0 Å². The SMILES string of the molecule is COc1cc(Oc2ccc3c(c2)c(C2=NC2)cn3C)cc(OC)c1O. The molecule has 1 aliphatic heterocycles. The second-order valence-corrected chi connectivity index (χ2v) is 5.87. The lowest BCUT2D eigenvalue weighted by Gasteiger charge is -2.12. The van der Waals surface area contributed by atoms with Crippen molar-refractivity contribution >= 4 is 16.6 Å². The molecule has 0 radical (unpaired) electrons. The molecule has 0 bridgehead atoms. The summed E-state index contributed by atoms with van der Waals surface area (Å²) < 4.78 is 18.4. The maximum absolute atomic E-state index is 10.0. The van der Waals surface area contributed by atoms with Crippen LogP contribution >= 0.6 is 0 Å². The molecule has 0 saturated heterocycles. The fourth-order valence-electron chi connectivity index (χ4n) is 2.94. The van der Waals surface area contributed by atoms with Crippen molar-refractivity contribution in [2.45, 2.75) is 0 Å². The summed E-state index contributed by atoms with van der Waals surface area (Å²) in [4.78, 5) is 4.31. The van der Waals surface area contributed by atoms with Gasteiger partial charge in [0.25, 0.3) is 0 Å². The van der Waals surface area contributed by atoms with E-state index in [-0.39, 0.29) is 5.75 Å². The van der Waals surface area contributed by atoms with Crippen LogP contribution in [0, 0.1) is 0 Å². The Morgan fingerprint density at radius 2 is 1.72 bits per heavy atom. The molecule has 0 fully saturated rings. The molecule has 6 heteroatoms. The van der Waals surface area contributed by atoms with Crippen LogP contribution in [0.1, 0.15) is 5.56 Å². The highest BCUT2D eigenvalue weighted by atomic mass is 16.5. The number of aliphatic imine (C=N–C) groups is 1. The van der Waals surface area contributed by atoms with Gasteiger partial charge in [-0.05, 0) is 18.2 Å². The van der Waals surface area contributed by atoms with Gasteiger partial charge < -0.3 is 23.9 Å². The first-order valence-corrected chi connectivity index (χ1v) is 7.86. The van der Waals surface area contributed by atoms with E-state index < -0.39 is 0 Å². The van der Waals surface area contributed by atoms with Gasteiger partial charge in [-0.15, -0.1) is 0 Å². The molecule has 0 aliphatic carbocycles. The van der Waals surface area contributed by atoms with Crippen molar-refractivity contribution in [3.63, 3.8) is 0 Å². The highest BCUT2D eigenvalue weighted by molar-refractivity contribution is 6.17. The number of fused-ring (bicyclic) bond motifs is 1. The van der Waals surface area contributed by atoms with Crippen LogP contribution in [-0.2, 0) is 7.05 Å². The number of methoxy groups -OCH3 is 2. The molecule has 128 valence electrons. The number of rotatable bonds is 5. The van der Waals surface area contributed by atoms with Crippen molar-refractivity contribution in [3.05, 3.63) is 42.1 Å². The third kappa shape index (κ3) is 2.65. The Balaban J connectivity index is 1.73. The summed E-state index contributed by atoms with van der Waals surface area (Å²) in [6, 6.07) is 9.17. The molecule has 2 heterocycles. The van der Waals surface area contributed by atoms with Gasteiger partial charge in [0.2, 0.25) is 5.75 Å². The van der Waals surface area contributed by atoms with Crippen LogP contribution in [0.3, 0.4) is 0 Å². The highest BCUT2D eigenvalue weighted by Crippen LogP contribution is 2.41. The zero-order valence-corrected chi connectivity index (χ0v) is 14.2. The topological polar surface area (TPSA) is 65.2 Å². The third-order valence-electron chi connectivity index (χ3n) is 4.28. The van der Waals surface area contributed by atoms with Crippen LogP contribution in [0.15, 0.2) is 41.5 Å². The van der Waals surface area contributed by atoms with E-state index in [0.29, 0.717) is 23.0 Å². The maximum atomic E-state index is 10.0. The molecule has 1 aliphatic rings. The van der Waals surface area contributed by atoms with Gasteiger partial charge in [-0.1, -0.05) is 0 Å². The lowest BCUT2D eigenvalue weighted by molar-refractivity contribution is 0.335. The lowest BCUT2D eigenvalue weighted by atomic mass is 10.1. The minimum Gasteiger partial charge on any atom is -0.502 e. The monoisotopic (exact) mass is 338 g/mol. The van der Waals surface area contributed by atoms with Gasteiger partial charge in [-0.2, -0.15) is 0 Å². The van der Waals surface area contributed by atoms with Crippen molar-refractivity contribution in [1.82, 2.24) is 4.57 Å². The molecule has 0 atom stereocenters. The summed E-state index contributed by atoms with van der Waals surface area (Å²) >= 11 is 0. The number of nitrogens with zero attached hydrogens (tertiary/aromatic N) is 2. The minimum absolute atomic E-state index is 0.0510. The molecule has 0 spiro atoms. The van der Waals surface area contributed by atoms with E-state index in [2.05, 4.69) is 15.8 Å². The van der Waals surface area contributed by atoms with Crippen LogP contribution in [0.5, 0.6) is 28.7 Å². The van der Waals surface area contributed by atoms with E-state index >= 15 is 0 Å². The molecular weight excluding hydrogens is 320 g/mol. The molecule has 0 saturated carbocycles. The van der Waals surface area contributed by atoms with Gasteiger partial charge in [-0.25, -0.2) is 0 Å². The standard InChI is InChI=1S/C19H18N2O4/c1-21-10-14(15-9-20-15)13-6-11(4-5-16(13)21)25-12-7-17(23-2)19(22)18(8-12)24-3/h4-8,10,22H,9H2,1-3H3. The van der Waals surface area contributed by atoms with Gasteiger partial charge in [0.05, 0.1) is 26.5 Å². The molecule has 1 N–H and O–H groups in total. The number of aryl methyl sites for hydroxylation is 1. The Kier molecular flexibility index (Phi) is 3.53. The first-order chi connectivity index (χ1) is 12.1. The maximum Gasteiger partial charge on any atom is 0.201 e. The number of aromatic nitrogens is 1. The average molecular weight is 338 g/mol. The van der Waals surface area contributed by atoms with Gasteiger partial charge in [0.1, 0.15) is 11.5 Å². The van der Waals surface area contributed by atoms with E-state index in [9.17, 15) is 5.11 Å². The van der Waals surface area contributed by atoms with E-state index in [1.807, 2.05) is 25.2 Å². The van der Waals surface area contributed by atoms with Gasteiger partial charge in [0, 0.05) is 41.8 Å². The molecule has 3 aromatic rings. The van der Waals surface area contributed by atoms with Gasteiger partial charge in [0.15, 0.2) is 11.5 Å². The van der Waals surface area contributed by atoms with Crippen molar-refractivity contribution in [2.24, 2.45) is 12.0 Å². The van der Waals surface area contributed by atoms with Crippen molar-refractivity contribution in [1.29, 1.82) is 0 Å². The fourth-order valence-corrected chi connectivity index (χ4v) is 2.94. The molecule has 6 nitrogen and oxygen atoms in total. The van der Waals surface area contributed by atoms with E-state index in [0.717, 1.165) is 28.7 Å². The largest absolute Gasteiger partial charge is 0.502 e. The van der Waals surface area contributed by atoms with Crippen LogP contribution in [0.2, 0.25) is 0 Å². The molecule has 0 amide bonds. The van der Waals surface area contributed by atoms with E-state index in [1.54, 1.807) is 12.1 Å². The number of benzene rings is 2. The number of hydrogen-bond acceptors (Lipinski definition) is 5. The second-order valence-electron chi connectivity index (χ2n) is 5.87. The second kappa shape index (κ2) is 5.73. The summed E-state index contributed by atoms with van der Waals surface area (Å²) in [5, 5.41) is 11.1. The predicted octanol–water partition coefficient (Wildman–Crippen LogP) is 3.50. The minimum atomic E-state index is -0.0510. The molecule has 2 aromatic carbocycles. The van der Waals surface area contributed by atoms with Crippen molar-refractivity contribution in [2.75, 3.05) is 20.8 Å². The first-order valence-electron chi connectivity index (χ1n) is 7.86.